The van der Waals surface area contributed by atoms with Gasteiger partial charge in [0.05, 0.1) is 18.8 Å². The van der Waals surface area contributed by atoms with Crippen LogP contribution >= 0.6 is 0 Å². The van der Waals surface area contributed by atoms with Crippen molar-refractivity contribution < 1.29 is 19.0 Å². The minimum atomic E-state index is -0.408. The zero-order valence-corrected chi connectivity index (χ0v) is 16.0. The zero-order chi connectivity index (χ0) is 18.2. The van der Waals surface area contributed by atoms with Gasteiger partial charge in [0.1, 0.15) is 0 Å². The van der Waals surface area contributed by atoms with Crippen molar-refractivity contribution in [3.8, 4) is 0 Å². The van der Waals surface area contributed by atoms with Crippen LogP contribution in [0.15, 0.2) is 30.3 Å². The summed E-state index contributed by atoms with van der Waals surface area (Å²) < 4.78 is 18.3. The van der Waals surface area contributed by atoms with Gasteiger partial charge in [-0.05, 0) is 24.8 Å². The summed E-state index contributed by atoms with van der Waals surface area (Å²) in [7, 11) is 0. The van der Waals surface area contributed by atoms with Crippen LogP contribution in [-0.2, 0) is 25.4 Å². The van der Waals surface area contributed by atoms with E-state index >= 15 is 0 Å². The highest BCUT2D eigenvalue weighted by Gasteiger charge is 2.47. The first-order valence-electron chi connectivity index (χ1n) is 10.3. The molecule has 1 aliphatic heterocycles. The maximum atomic E-state index is 11.7. The molecule has 0 unspecified atom stereocenters. The molecule has 3 rings (SSSR count). The fourth-order valence-corrected chi connectivity index (χ4v) is 4.00. The second-order valence-corrected chi connectivity index (χ2v) is 7.59. The van der Waals surface area contributed by atoms with Gasteiger partial charge in [-0.25, -0.2) is 0 Å². The first kappa shape index (κ1) is 19.4. The molecule has 0 aromatic heterocycles. The molecule has 144 valence electrons. The predicted molar refractivity (Wildman–Crippen MR) is 101 cm³/mol. The quantitative estimate of drug-likeness (QED) is 0.625. The largest absolute Gasteiger partial charge is 0.466 e. The van der Waals surface area contributed by atoms with Gasteiger partial charge in [0, 0.05) is 32.1 Å². The molecule has 0 bridgehead atoms. The first-order chi connectivity index (χ1) is 12.7. The summed E-state index contributed by atoms with van der Waals surface area (Å²) in [5.41, 5.74) is 1.26. The van der Waals surface area contributed by atoms with Crippen molar-refractivity contribution in [1.82, 2.24) is 0 Å². The SMILES string of the molecule is CCCCC(=O)OCC[C@H]1OC2(CCCCC2)O[C@@H]1Cc1ccccc1. The Morgan fingerprint density at radius 2 is 1.85 bits per heavy atom. The van der Waals surface area contributed by atoms with Crippen molar-refractivity contribution in [3.05, 3.63) is 35.9 Å². The number of unbranched alkanes of at least 4 members (excludes halogenated alkanes) is 1. The molecule has 2 atom stereocenters. The van der Waals surface area contributed by atoms with E-state index in [1.54, 1.807) is 0 Å². The molecule has 1 saturated heterocycles. The van der Waals surface area contributed by atoms with Crippen LogP contribution in [0.1, 0.15) is 70.3 Å². The van der Waals surface area contributed by atoms with Crippen molar-refractivity contribution in [2.45, 2.75) is 89.1 Å². The fraction of sp³-hybridized carbons (Fsp3) is 0.682. The topological polar surface area (TPSA) is 44.8 Å². The Hall–Kier alpha value is -1.39. The average molecular weight is 360 g/mol. The normalized spacial score (nSPS) is 24.7. The minimum absolute atomic E-state index is 0.00715. The van der Waals surface area contributed by atoms with Crippen LogP contribution in [0.2, 0.25) is 0 Å². The van der Waals surface area contributed by atoms with E-state index in [0.29, 0.717) is 19.4 Å². The van der Waals surface area contributed by atoms with Gasteiger partial charge >= 0.3 is 5.97 Å². The summed E-state index contributed by atoms with van der Waals surface area (Å²) in [6.45, 7) is 2.49. The highest BCUT2D eigenvalue weighted by molar-refractivity contribution is 5.69. The van der Waals surface area contributed by atoms with E-state index in [1.807, 2.05) is 6.07 Å². The van der Waals surface area contributed by atoms with Gasteiger partial charge in [-0.2, -0.15) is 0 Å². The standard InChI is InChI=1S/C22H32O4/c1-2-3-12-21(23)24-16-13-19-20(17-18-10-6-4-7-11-18)26-22(25-19)14-8-5-9-15-22/h4,6-7,10-11,19-20H,2-3,5,8-9,12-17H2,1H3/t19-,20-/m1/s1. The minimum Gasteiger partial charge on any atom is -0.466 e. The zero-order valence-electron chi connectivity index (χ0n) is 16.0. The van der Waals surface area contributed by atoms with Crippen LogP contribution in [0.5, 0.6) is 0 Å². The third-order valence-corrected chi connectivity index (χ3v) is 5.44. The van der Waals surface area contributed by atoms with Gasteiger partial charge in [0.2, 0.25) is 0 Å². The number of ether oxygens (including phenoxy) is 3. The molecule has 1 aromatic carbocycles. The van der Waals surface area contributed by atoms with E-state index in [0.717, 1.165) is 44.9 Å². The van der Waals surface area contributed by atoms with Crippen LogP contribution in [0.3, 0.4) is 0 Å². The van der Waals surface area contributed by atoms with Gasteiger partial charge in [-0.15, -0.1) is 0 Å². The molecule has 0 radical (unpaired) electrons. The van der Waals surface area contributed by atoms with Gasteiger partial charge in [-0.3, -0.25) is 4.79 Å². The molecule has 26 heavy (non-hydrogen) atoms. The van der Waals surface area contributed by atoms with E-state index < -0.39 is 5.79 Å². The summed E-state index contributed by atoms with van der Waals surface area (Å²) in [6, 6.07) is 10.4. The lowest BCUT2D eigenvalue weighted by Crippen LogP contribution is -2.33. The number of carbonyl (C=O) groups excluding carboxylic acids is 1. The van der Waals surface area contributed by atoms with E-state index in [2.05, 4.69) is 31.2 Å². The van der Waals surface area contributed by atoms with Crippen molar-refractivity contribution >= 4 is 5.97 Å². The molecular weight excluding hydrogens is 328 g/mol. The summed E-state index contributed by atoms with van der Waals surface area (Å²) >= 11 is 0. The lowest BCUT2D eigenvalue weighted by molar-refractivity contribution is -0.194. The average Bonchev–Trinajstić information content (AvgIpc) is 2.98. The lowest BCUT2D eigenvalue weighted by Gasteiger charge is -2.32. The molecule has 4 nitrogen and oxygen atoms in total. The Morgan fingerprint density at radius 3 is 2.58 bits per heavy atom. The maximum absolute atomic E-state index is 11.7. The van der Waals surface area contributed by atoms with Crippen LogP contribution in [0.4, 0.5) is 0 Å². The van der Waals surface area contributed by atoms with E-state index in [9.17, 15) is 4.79 Å². The molecule has 1 heterocycles. The van der Waals surface area contributed by atoms with Gasteiger partial charge < -0.3 is 14.2 Å². The van der Waals surface area contributed by atoms with E-state index in [-0.39, 0.29) is 18.2 Å². The molecular formula is C22H32O4. The van der Waals surface area contributed by atoms with Crippen molar-refractivity contribution in [2.24, 2.45) is 0 Å². The molecule has 2 aliphatic rings. The Labute approximate surface area is 157 Å². The maximum Gasteiger partial charge on any atom is 0.305 e. The molecule has 4 heteroatoms. The smallest absolute Gasteiger partial charge is 0.305 e. The van der Waals surface area contributed by atoms with Crippen molar-refractivity contribution in [1.29, 1.82) is 0 Å². The number of hydrogen-bond acceptors (Lipinski definition) is 4. The second kappa shape index (κ2) is 9.52. The summed E-state index contributed by atoms with van der Waals surface area (Å²) in [5, 5.41) is 0. The fourth-order valence-electron chi connectivity index (χ4n) is 4.00. The van der Waals surface area contributed by atoms with Crippen molar-refractivity contribution in [3.63, 3.8) is 0 Å². The second-order valence-electron chi connectivity index (χ2n) is 7.59. The predicted octanol–water partition coefficient (Wildman–Crippen LogP) is 4.80. The highest BCUT2D eigenvalue weighted by Crippen LogP contribution is 2.42. The molecule has 1 spiro atoms. The van der Waals surface area contributed by atoms with E-state index in [4.69, 9.17) is 14.2 Å². The molecule has 0 amide bonds. The van der Waals surface area contributed by atoms with Gasteiger partial charge in [0.25, 0.3) is 0 Å². The highest BCUT2D eigenvalue weighted by atomic mass is 16.8. The van der Waals surface area contributed by atoms with Crippen LogP contribution in [-0.4, -0.2) is 30.6 Å². The van der Waals surface area contributed by atoms with Crippen LogP contribution in [0, 0.1) is 0 Å². The number of esters is 1. The number of benzene rings is 1. The first-order valence-corrected chi connectivity index (χ1v) is 10.3. The Morgan fingerprint density at radius 1 is 1.12 bits per heavy atom. The van der Waals surface area contributed by atoms with Gasteiger partial charge in [0.15, 0.2) is 5.79 Å². The molecule has 2 fully saturated rings. The molecule has 1 saturated carbocycles. The third-order valence-electron chi connectivity index (χ3n) is 5.44. The lowest BCUT2D eigenvalue weighted by atomic mass is 9.94. The van der Waals surface area contributed by atoms with E-state index in [1.165, 1.54) is 12.0 Å². The summed E-state index contributed by atoms with van der Waals surface area (Å²) in [6.07, 6.45) is 9.53. The van der Waals surface area contributed by atoms with Crippen LogP contribution in [0.25, 0.3) is 0 Å². The molecule has 1 aliphatic carbocycles. The molecule has 1 aromatic rings. The van der Waals surface area contributed by atoms with Crippen LogP contribution < -0.4 is 0 Å². The Balaban J connectivity index is 1.57. The Kier molecular flexibility index (Phi) is 7.09. The summed E-state index contributed by atoms with van der Waals surface area (Å²) in [4.78, 5) is 11.7. The van der Waals surface area contributed by atoms with Gasteiger partial charge in [-0.1, -0.05) is 50.1 Å². The monoisotopic (exact) mass is 360 g/mol. The third kappa shape index (κ3) is 5.31. The number of rotatable bonds is 8. The summed E-state index contributed by atoms with van der Waals surface area (Å²) in [5.74, 6) is -0.507. The van der Waals surface area contributed by atoms with Crippen molar-refractivity contribution in [2.75, 3.05) is 6.61 Å². The Bertz CT molecular complexity index is 551. The molecule has 0 N–H and O–H groups in total. The number of carbonyl (C=O) groups is 1. The number of hydrogen-bond donors (Lipinski definition) is 0.